The van der Waals surface area contributed by atoms with Crippen molar-refractivity contribution in [3.63, 3.8) is 0 Å². The van der Waals surface area contributed by atoms with E-state index < -0.39 is 5.69 Å². The largest absolute Gasteiger partial charge is 0.783 e. The molecule has 7 heteroatoms. The van der Waals surface area contributed by atoms with Crippen molar-refractivity contribution in [2.24, 2.45) is 7.05 Å². The van der Waals surface area contributed by atoms with Gasteiger partial charge in [-0.15, -0.1) is 0 Å². The lowest BCUT2D eigenvalue weighted by Crippen LogP contribution is -2.23. The molecular formula is C18H19N2O2PS2. The molecule has 3 aromatic rings. The average Bonchev–Trinajstić information content (AvgIpc) is 3.02. The lowest BCUT2D eigenvalue weighted by molar-refractivity contribution is -0.670. The minimum absolute atomic E-state index is 0.536. The summed E-state index contributed by atoms with van der Waals surface area (Å²) < 4.78 is 9.19. The third-order valence-electron chi connectivity index (χ3n) is 2.92. The first kappa shape index (κ1) is 19.5. The summed E-state index contributed by atoms with van der Waals surface area (Å²) in [6.07, 6.45) is 7.58. The highest BCUT2D eigenvalue weighted by Gasteiger charge is 2.07. The standard InChI is InChI=1S/C12H11O2PS2.C6H9N2/c13-15(16,14-11-7-3-1-4-8-11)17-12-9-5-2-6-10-12;1-3-8-5-4-7(2)6-8/h1-10H,(H,13,16);3-6H,1H2,2H3/q;+1/p-1. The molecule has 0 saturated heterocycles. The Labute approximate surface area is 157 Å². The number of aromatic nitrogens is 2. The molecule has 0 aliphatic heterocycles. The van der Waals surface area contributed by atoms with Gasteiger partial charge in [-0.25, -0.2) is 9.13 Å². The monoisotopic (exact) mass is 390 g/mol. The molecule has 0 N–H and O–H groups in total. The quantitative estimate of drug-likeness (QED) is 0.490. The Balaban J connectivity index is 0.000000236. The zero-order valence-corrected chi connectivity index (χ0v) is 16.3. The molecule has 0 amide bonds. The molecule has 4 nitrogen and oxygen atoms in total. The molecule has 0 fully saturated rings. The second-order valence-corrected chi connectivity index (χ2v) is 10.8. The van der Waals surface area contributed by atoms with Gasteiger partial charge in [-0.2, -0.15) is 0 Å². The van der Waals surface area contributed by atoms with E-state index in [0.717, 1.165) is 16.3 Å². The lowest BCUT2D eigenvalue weighted by atomic mass is 10.3. The first-order valence-electron chi connectivity index (χ1n) is 7.44. The summed E-state index contributed by atoms with van der Waals surface area (Å²) in [4.78, 5) is 13.0. The zero-order valence-electron chi connectivity index (χ0n) is 13.8. The predicted octanol–water partition coefficient (Wildman–Crippen LogP) is 3.86. The van der Waals surface area contributed by atoms with E-state index in [2.05, 4.69) is 6.58 Å². The van der Waals surface area contributed by atoms with Gasteiger partial charge in [0.15, 0.2) is 0 Å². The van der Waals surface area contributed by atoms with E-state index in [-0.39, 0.29) is 0 Å². The molecule has 1 atom stereocenters. The minimum Gasteiger partial charge on any atom is -0.783 e. The fraction of sp³-hybridized carbons (Fsp3) is 0.0556. The summed E-state index contributed by atoms with van der Waals surface area (Å²) in [5.74, 6) is 0.536. The van der Waals surface area contributed by atoms with E-state index in [4.69, 9.17) is 16.3 Å². The number of imidazole rings is 1. The van der Waals surface area contributed by atoms with Crippen LogP contribution in [-0.4, -0.2) is 4.57 Å². The molecule has 2 aromatic carbocycles. The summed E-state index contributed by atoms with van der Waals surface area (Å²) >= 11 is 6.09. The predicted molar refractivity (Wildman–Crippen MR) is 106 cm³/mol. The first-order valence-corrected chi connectivity index (χ1v) is 11.5. The summed E-state index contributed by atoms with van der Waals surface area (Å²) in [6, 6.07) is 18.4. The van der Waals surface area contributed by atoms with E-state index in [0.29, 0.717) is 5.75 Å². The van der Waals surface area contributed by atoms with E-state index >= 15 is 0 Å². The van der Waals surface area contributed by atoms with Gasteiger partial charge in [-0.3, -0.25) is 0 Å². The highest BCUT2D eigenvalue weighted by atomic mass is 32.9. The van der Waals surface area contributed by atoms with Crippen LogP contribution in [0.15, 0.2) is 90.9 Å². The molecule has 1 unspecified atom stereocenters. The van der Waals surface area contributed by atoms with Gasteiger partial charge in [0.05, 0.1) is 13.2 Å². The molecule has 0 aliphatic carbocycles. The summed E-state index contributed by atoms with van der Waals surface area (Å²) in [7, 11) is 1.97. The van der Waals surface area contributed by atoms with Gasteiger partial charge in [0, 0.05) is 4.90 Å². The molecule has 25 heavy (non-hydrogen) atoms. The fourth-order valence-electron chi connectivity index (χ4n) is 1.82. The van der Waals surface area contributed by atoms with Gasteiger partial charge in [0.2, 0.25) is 6.33 Å². The van der Waals surface area contributed by atoms with Crippen molar-refractivity contribution in [3.8, 4) is 5.75 Å². The number of hydrogen-bond acceptors (Lipinski definition) is 4. The molecule has 130 valence electrons. The van der Waals surface area contributed by atoms with Crippen LogP contribution in [-0.2, 0) is 18.9 Å². The lowest BCUT2D eigenvalue weighted by Gasteiger charge is -2.27. The van der Waals surface area contributed by atoms with Crippen LogP contribution >= 0.6 is 17.1 Å². The third kappa shape index (κ3) is 7.28. The van der Waals surface area contributed by atoms with Crippen LogP contribution < -0.4 is 14.0 Å². The van der Waals surface area contributed by atoms with Crippen LogP contribution in [0.2, 0.25) is 0 Å². The van der Waals surface area contributed by atoms with Gasteiger partial charge < -0.3 is 9.42 Å². The number of aryl methyl sites for hydroxylation is 1. The second-order valence-electron chi connectivity index (χ2n) is 4.96. The number of benzene rings is 2. The van der Waals surface area contributed by atoms with Gasteiger partial charge in [-0.05, 0) is 24.3 Å². The van der Waals surface area contributed by atoms with E-state index in [1.807, 2.05) is 83.4 Å². The number of rotatable bonds is 5. The molecule has 0 spiro atoms. The van der Waals surface area contributed by atoms with Crippen LogP contribution in [0.25, 0.3) is 6.20 Å². The van der Waals surface area contributed by atoms with Crippen molar-refractivity contribution in [3.05, 3.63) is 86.0 Å². The maximum atomic E-state index is 12.1. The van der Waals surface area contributed by atoms with Crippen molar-refractivity contribution in [2.75, 3.05) is 0 Å². The van der Waals surface area contributed by atoms with Gasteiger partial charge >= 0.3 is 0 Å². The summed E-state index contributed by atoms with van der Waals surface area (Å²) in [5.41, 5.74) is -3.14. The molecular weight excluding hydrogens is 371 g/mol. The van der Waals surface area contributed by atoms with Gasteiger partial charge in [0.1, 0.15) is 23.8 Å². The smallest absolute Gasteiger partial charge is 0.248 e. The minimum atomic E-state index is -3.14. The Kier molecular flexibility index (Phi) is 7.47. The third-order valence-corrected chi connectivity index (χ3v) is 6.48. The molecule has 0 saturated carbocycles. The molecule has 1 heterocycles. The molecule has 3 rings (SSSR count). The van der Waals surface area contributed by atoms with Crippen LogP contribution in [0, 0.1) is 0 Å². The van der Waals surface area contributed by atoms with E-state index in [1.54, 1.807) is 18.3 Å². The van der Waals surface area contributed by atoms with Crippen molar-refractivity contribution in [1.82, 2.24) is 4.57 Å². The highest BCUT2D eigenvalue weighted by molar-refractivity contribution is 8.67. The second kappa shape index (κ2) is 9.59. The topological polar surface area (TPSA) is 41.1 Å². The van der Waals surface area contributed by atoms with Crippen molar-refractivity contribution < 1.29 is 14.0 Å². The molecule has 1 aromatic heterocycles. The van der Waals surface area contributed by atoms with Crippen LogP contribution in [0.1, 0.15) is 0 Å². The Morgan fingerprint density at radius 3 is 2.24 bits per heavy atom. The van der Waals surface area contributed by atoms with Crippen LogP contribution in [0.3, 0.4) is 0 Å². The SMILES string of the molecule is C=Cn1cc[n+](C)c1.[O-]P(=S)(Oc1ccccc1)Sc1ccccc1. The Morgan fingerprint density at radius 1 is 1.16 bits per heavy atom. The van der Waals surface area contributed by atoms with Crippen LogP contribution in [0.5, 0.6) is 5.75 Å². The Hall–Kier alpha value is -1.85. The van der Waals surface area contributed by atoms with Gasteiger partial charge in [0.25, 0.3) is 0 Å². The van der Waals surface area contributed by atoms with Gasteiger partial charge in [-0.1, -0.05) is 66.2 Å². The number of para-hydroxylation sites is 1. The van der Waals surface area contributed by atoms with Crippen molar-refractivity contribution >= 4 is 35.1 Å². The van der Waals surface area contributed by atoms with Crippen LogP contribution in [0.4, 0.5) is 0 Å². The summed E-state index contributed by atoms with van der Waals surface area (Å²) in [5, 5.41) is 0. The Bertz CT molecular complexity index is 793. The zero-order chi connectivity index (χ0) is 18.1. The van der Waals surface area contributed by atoms with Crippen molar-refractivity contribution in [1.29, 1.82) is 0 Å². The maximum Gasteiger partial charge on any atom is 0.248 e. The molecule has 0 radical (unpaired) electrons. The average molecular weight is 390 g/mol. The molecule has 0 aliphatic rings. The fourth-order valence-corrected chi connectivity index (χ4v) is 5.31. The Morgan fingerprint density at radius 2 is 1.76 bits per heavy atom. The normalized spacial score (nSPS) is 12.4. The number of hydrogen-bond donors (Lipinski definition) is 0. The highest BCUT2D eigenvalue weighted by Crippen LogP contribution is 2.55. The summed E-state index contributed by atoms with van der Waals surface area (Å²) in [6.45, 7) is 3.59. The molecule has 0 bridgehead atoms. The number of nitrogens with zero attached hydrogens (tertiary/aromatic N) is 2. The van der Waals surface area contributed by atoms with Crippen molar-refractivity contribution in [2.45, 2.75) is 4.90 Å². The first-order chi connectivity index (χ1) is 12.0. The maximum absolute atomic E-state index is 12.1. The van der Waals surface area contributed by atoms with E-state index in [9.17, 15) is 4.89 Å². The van der Waals surface area contributed by atoms with E-state index in [1.165, 1.54) is 0 Å².